The van der Waals surface area contributed by atoms with E-state index in [1.165, 1.54) is 40.6 Å². The molecule has 5 nitrogen and oxygen atoms in total. The summed E-state index contributed by atoms with van der Waals surface area (Å²) in [4.78, 5) is 11.9. The Labute approximate surface area is 160 Å². The number of aryl methyl sites for hydroxylation is 2. The maximum atomic E-state index is 5.48. The summed E-state index contributed by atoms with van der Waals surface area (Å²) in [5, 5.41) is 1.31. The van der Waals surface area contributed by atoms with Crippen LogP contribution in [0.1, 0.15) is 48.5 Å². The lowest BCUT2D eigenvalue weighted by atomic mass is 9.98. The molecule has 0 saturated carbocycles. The largest absolute Gasteiger partial charge is 0.497 e. The smallest absolute Gasteiger partial charge is 0.125 e. The predicted octanol–water partition coefficient (Wildman–Crippen LogP) is 4.03. The molecule has 0 N–H and O–H groups in total. The first kappa shape index (κ1) is 16.8. The van der Waals surface area contributed by atoms with E-state index in [1.807, 2.05) is 6.92 Å². The minimum absolute atomic E-state index is 0.449. The lowest BCUT2D eigenvalue weighted by Crippen LogP contribution is -2.37. The third kappa shape index (κ3) is 2.64. The number of ether oxygens (including phenoxy) is 1. The Bertz CT molecular complexity index is 1010. The van der Waals surface area contributed by atoms with Crippen LogP contribution in [0.25, 0.3) is 10.9 Å². The van der Waals surface area contributed by atoms with Crippen LogP contribution in [-0.4, -0.2) is 32.6 Å². The van der Waals surface area contributed by atoms with Gasteiger partial charge in [0.2, 0.25) is 0 Å². The first-order valence-corrected chi connectivity index (χ1v) is 9.92. The van der Waals surface area contributed by atoms with Gasteiger partial charge in [0.05, 0.1) is 12.8 Å². The molecule has 0 unspecified atom stereocenters. The molecule has 1 fully saturated rings. The Morgan fingerprint density at radius 3 is 2.96 bits per heavy atom. The molecule has 27 heavy (non-hydrogen) atoms. The molecule has 2 aromatic heterocycles. The van der Waals surface area contributed by atoms with E-state index in [1.54, 1.807) is 7.11 Å². The van der Waals surface area contributed by atoms with Crippen molar-refractivity contribution in [2.24, 2.45) is 0 Å². The number of benzene rings is 1. The van der Waals surface area contributed by atoms with Gasteiger partial charge in [0, 0.05) is 60.5 Å². The Morgan fingerprint density at radius 1 is 1.26 bits per heavy atom. The third-order valence-corrected chi connectivity index (χ3v) is 6.32. The van der Waals surface area contributed by atoms with Gasteiger partial charge in [0.15, 0.2) is 0 Å². The van der Waals surface area contributed by atoms with Crippen molar-refractivity contribution in [3.05, 3.63) is 53.2 Å². The van der Waals surface area contributed by atoms with Crippen molar-refractivity contribution in [1.29, 1.82) is 0 Å². The lowest BCUT2D eigenvalue weighted by molar-refractivity contribution is 0.166. The van der Waals surface area contributed by atoms with Crippen molar-refractivity contribution in [3.63, 3.8) is 0 Å². The number of aromatic nitrogens is 3. The molecule has 2 atom stereocenters. The molecular formula is C22H26N4O. The van der Waals surface area contributed by atoms with Gasteiger partial charge in [-0.3, -0.25) is 4.90 Å². The van der Waals surface area contributed by atoms with Crippen LogP contribution in [0.2, 0.25) is 0 Å². The van der Waals surface area contributed by atoms with Crippen LogP contribution in [0, 0.1) is 6.92 Å². The monoisotopic (exact) mass is 362 g/mol. The molecule has 1 aromatic carbocycles. The van der Waals surface area contributed by atoms with Gasteiger partial charge in [-0.1, -0.05) is 0 Å². The fourth-order valence-electron chi connectivity index (χ4n) is 4.98. The highest BCUT2D eigenvalue weighted by atomic mass is 16.5. The summed E-state index contributed by atoms with van der Waals surface area (Å²) in [6, 6.07) is 7.45. The quantitative estimate of drug-likeness (QED) is 0.703. The van der Waals surface area contributed by atoms with Crippen LogP contribution < -0.4 is 4.74 Å². The number of hydrogen-bond donors (Lipinski definition) is 0. The Kier molecular flexibility index (Phi) is 3.93. The lowest BCUT2D eigenvalue weighted by Gasteiger charge is -2.35. The van der Waals surface area contributed by atoms with Crippen molar-refractivity contribution in [2.45, 2.75) is 58.3 Å². The maximum Gasteiger partial charge on any atom is 0.125 e. The van der Waals surface area contributed by atoms with E-state index in [4.69, 9.17) is 9.72 Å². The summed E-state index contributed by atoms with van der Waals surface area (Å²) in [6.45, 7) is 6.14. The molecule has 2 aliphatic rings. The molecule has 140 valence electrons. The number of methoxy groups -OCH3 is 1. The van der Waals surface area contributed by atoms with Crippen molar-refractivity contribution in [1.82, 2.24) is 19.4 Å². The van der Waals surface area contributed by atoms with Gasteiger partial charge in [0.1, 0.15) is 11.6 Å². The first-order chi connectivity index (χ1) is 13.2. The molecular weight excluding hydrogens is 336 g/mol. The molecule has 2 bridgehead atoms. The molecule has 0 spiro atoms. The molecule has 1 saturated heterocycles. The first-order valence-electron chi connectivity index (χ1n) is 9.92. The van der Waals surface area contributed by atoms with Crippen LogP contribution in [0.15, 0.2) is 30.6 Å². The minimum Gasteiger partial charge on any atom is -0.497 e. The van der Waals surface area contributed by atoms with Gasteiger partial charge in [-0.05, 0) is 50.5 Å². The van der Waals surface area contributed by atoms with Crippen LogP contribution >= 0.6 is 0 Å². The Hall–Kier alpha value is -2.40. The van der Waals surface area contributed by atoms with Crippen molar-refractivity contribution >= 4 is 10.9 Å². The van der Waals surface area contributed by atoms with E-state index in [0.717, 1.165) is 31.1 Å². The van der Waals surface area contributed by atoms with E-state index < -0.39 is 0 Å². The average molecular weight is 362 g/mol. The number of hydrogen-bond acceptors (Lipinski definition) is 4. The molecule has 2 aliphatic heterocycles. The second-order valence-electron chi connectivity index (χ2n) is 7.77. The van der Waals surface area contributed by atoms with E-state index >= 15 is 0 Å². The van der Waals surface area contributed by atoms with E-state index in [9.17, 15) is 0 Å². The molecule has 4 heterocycles. The van der Waals surface area contributed by atoms with Crippen molar-refractivity contribution < 1.29 is 4.74 Å². The van der Waals surface area contributed by atoms with E-state index in [0.29, 0.717) is 12.1 Å². The highest BCUT2D eigenvalue weighted by molar-refractivity contribution is 5.85. The second kappa shape index (κ2) is 6.34. The number of nitrogens with zero attached hydrogens (tertiary/aromatic N) is 4. The van der Waals surface area contributed by atoms with Crippen LogP contribution in [0.3, 0.4) is 0 Å². The molecule has 0 aliphatic carbocycles. The zero-order valence-corrected chi connectivity index (χ0v) is 16.3. The molecule has 0 amide bonds. The average Bonchev–Trinajstić information content (AvgIpc) is 3.17. The Balaban J connectivity index is 1.53. The van der Waals surface area contributed by atoms with Crippen molar-refractivity contribution in [3.8, 4) is 5.75 Å². The standard InChI is InChI=1S/C22H26N4O/c1-4-25-12-15(18-10-17(27-3)6-8-21(18)25)13-26-16-5-7-22(26)19-11-23-14(2)24-20(19)9-16/h6,8,10-12,16,22H,4-5,7,9,13H2,1-3H3/t16-,22+/m0/s1. The fourth-order valence-corrected chi connectivity index (χ4v) is 4.98. The third-order valence-electron chi connectivity index (χ3n) is 6.32. The van der Waals surface area contributed by atoms with Gasteiger partial charge in [-0.2, -0.15) is 0 Å². The Morgan fingerprint density at radius 2 is 2.15 bits per heavy atom. The summed E-state index contributed by atoms with van der Waals surface area (Å²) in [7, 11) is 1.74. The summed E-state index contributed by atoms with van der Waals surface area (Å²) in [6.07, 6.45) is 7.89. The van der Waals surface area contributed by atoms with Crippen molar-refractivity contribution in [2.75, 3.05) is 7.11 Å². The van der Waals surface area contributed by atoms with Gasteiger partial charge in [-0.15, -0.1) is 0 Å². The minimum atomic E-state index is 0.449. The molecule has 3 aromatic rings. The highest BCUT2D eigenvalue weighted by Gasteiger charge is 2.40. The summed E-state index contributed by atoms with van der Waals surface area (Å²) >= 11 is 0. The summed E-state index contributed by atoms with van der Waals surface area (Å²) < 4.78 is 7.83. The SMILES string of the molecule is CCn1cc(CN2[C@H]3CC[C@@H]2c2cnc(C)nc2C3)c2cc(OC)ccc21. The molecule has 5 heteroatoms. The van der Waals surface area contributed by atoms with Gasteiger partial charge in [-0.25, -0.2) is 9.97 Å². The molecule has 0 radical (unpaired) electrons. The fraction of sp³-hybridized carbons (Fsp3) is 0.455. The van der Waals surface area contributed by atoms with Gasteiger partial charge >= 0.3 is 0 Å². The van der Waals surface area contributed by atoms with Crippen LogP contribution in [0.5, 0.6) is 5.75 Å². The maximum absolute atomic E-state index is 5.48. The summed E-state index contributed by atoms with van der Waals surface area (Å²) in [5.41, 5.74) is 5.28. The molecule has 5 rings (SSSR count). The highest BCUT2D eigenvalue weighted by Crippen LogP contribution is 2.44. The zero-order chi connectivity index (χ0) is 18.5. The van der Waals surface area contributed by atoms with Crippen LogP contribution in [-0.2, 0) is 19.5 Å². The topological polar surface area (TPSA) is 43.2 Å². The van der Waals surface area contributed by atoms with Gasteiger partial charge in [0.25, 0.3) is 0 Å². The second-order valence-corrected chi connectivity index (χ2v) is 7.77. The van der Waals surface area contributed by atoms with E-state index in [2.05, 4.69) is 52.0 Å². The number of rotatable bonds is 4. The number of fused-ring (bicyclic) bond motifs is 5. The van der Waals surface area contributed by atoms with Gasteiger partial charge < -0.3 is 9.30 Å². The summed E-state index contributed by atoms with van der Waals surface area (Å²) in [5.74, 6) is 1.81. The van der Waals surface area contributed by atoms with E-state index in [-0.39, 0.29) is 0 Å². The zero-order valence-electron chi connectivity index (χ0n) is 16.3. The normalized spacial score (nSPS) is 21.6. The van der Waals surface area contributed by atoms with Crippen LogP contribution in [0.4, 0.5) is 0 Å². The predicted molar refractivity (Wildman–Crippen MR) is 106 cm³/mol.